The van der Waals surface area contributed by atoms with Crippen molar-refractivity contribution in [3.8, 4) is 0 Å². The van der Waals surface area contributed by atoms with Crippen LogP contribution in [-0.2, 0) is 10.3 Å². The predicted octanol–water partition coefficient (Wildman–Crippen LogP) is 4.40. The van der Waals surface area contributed by atoms with Gasteiger partial charge in [-0.25, -0.2) is 0 Å². The quantitative estimate of drug-likeness (QED) is 0.742. The van der Waals surface area contributed by atoms with Crippen LogP contribution in [0, 0.1) is 4.91 Å². The second-order valence-electron chi connectivity index (χ2n) is 4.86. The van der Waals surface area contributed by atoms with Crippen LogP contribution in [0.3, 0.4) is 0 Å². The molecule has 0 N–H and O–H groups in total. The van der Waals surface area contributed by atoms with Crippen molar-refractivity contribution in [1.82, 2.24) is 0 Å². The summed E-state index contributed by atoms with van der Waals surface area (Å²) in [6.45, 7) is 3.87. The third-order valence-electron chi connectivity index (χ3n) is 3.06. The van der Waals surface area contributed by atoms with E-state index in [1.54, 1.807) is 0 Å². The number of hydrogen-bond donors (Lipinski definition) is 0. The van der Waals surface area contributed by atoms with Gasteiger partial charge in [0.25, 0.3) is 0 Å². The fourth-order valence-electron chi connectivity index (χ4n) is 1.95. The highest BCUT2D eigenvalue weighted by molar-refractivity contribution is 5.22. The maximum absolute atomic E-state index is 11.0. The van der Waals surface area contributed by atoms with Gasteiger partial charge in [-0.2, -0.15) is 0 Å². The van der Waals surface area contributed by atoms with Crippen molar-refractivity contribution in [3.05, 3.63) is 76.7 Å². The van der Waals surface area contributed by atoms with Crippen LogP contribution in [0.4, 0.5) is 0 Å². The maximum Gasteiger partial charge on any atom is 0.216 e. The number of hydrogen-bond acceptors (Lipinski definition) is 3. The Morgan fingerprint density at radius 1 is 0.947 bits per heavy atom. The molecule has 0 amide bonds. The molecule has 0 aliphatic carbocycles. The zero-order chi connectivity index (χ0) is 13.7. The summed E-state index contributed by atoms with van der Waals surface area (Å²) in [4.78, 5) is 11.0. The van der Waals surface area contributed by atoms with Crippen molar-refractivity contribution >= 4 is 0 Å². The predicted molar refractivity (Wildman–Crippen MR) is 75.5 cm³/mol. The van der Waals surface area contributed by atoms with Crippen LogP contribution in [0.1, 0.15) is 31.2 Å². The van der Waals surface area contributed by atoms with Gasteiger partial charge in [0.1, 0.15) is 0 Å². The number of ether oxygens (including phenoxy) is 1. The maximum atomic E-state index is 11.0. The van der Waals surface area contributed by atoms with Gasteiger partial charge >= 0.3 is 0 Å². The summed E-state index contributed by atoms with van der Waals surface area (Å²) < 4.78 is 5.88. The van der Waals surface area contributed by atoms with E-state index in [9.17, 15) is 4.91 Å². The lowest BCUT2D eigenvalue weighted by Crippen LogP contribution is -2.23. The molecule has 1 atom stereocenters. The van der Waals surface area contributed by atoms with Gasteiger partial charge in [-0.15, -0.1) is 4.91 Å². The molecule has 0 fully saturated rings. The molecule has 0 spiro atoms. The molecule has 0 aliphatic heterocycles. The van der Waals surface area contributed by atoms with Crippen LogP contribution in [0.15, 0.2) is 65.8 Å². The number of rotatable bonds is 5. The largest absolute Gasteiger partial charge is 0.338 e. The van der Waals surface area contributed by atoms with Crippen LogP contribution in [-0.4, -0.2) is 0 Å². The van der Waals surface area contributed by atoms with Crippen LogP contribution in [0.25, 0.3) is 0 Å². The minimum Gasteiger partial charge on any atom is -0.338 e. The molecule has 2 aromatic rings. The topological polar surface area (TPSA) is 38.7 Å². The molecule has 0 saturated heterocycles. The van der Waals surface area contributed by atoms with E-state index in [1.165, 1.54) is 0 Å². The van der Waals surface area contributed by atoms with E-state index in [4.69, 9.17) is 4.74 Å². The summed E-state index contributed by atoms with van der Waals surface area (Å²) in [5.74, 6) is 0. The second kappa shape index (κ2) is 5.76. The number of nitroso groups, excluding NO2 is 1. The summed E-state index contributed by atoms with van der Waals surface area (Å²) in [6, 6.07) is 19.1. The van der Waals surface area contributed by atoms with Gasteiger partial charge < -0.3 is 4.74 Å². The molecule has 0 aliphatic rings. The Morgan fingerprint density at radius 2 is 1.47 bits per heavy atom. The molecule has 2 aromatic carbocycles. The van der Waals surface area contributed by atoms with Gasteiger partial charge in [0.2, 0.25) is 6.23 Å². The highest BCUT2D eigenvalue weighted by atomic mass is 16.5. The molecule has 1 unspecified atom stereocenters. The lowest BCUT2D eigenvalue weighted by atomic mass is 9.98. The summed E-state index contributed by atoms with van der Waals surface area (Å²) >= 11 is 0. The lowest BCUT2D eigenvalue weighted by Gasteiger charge is -2.28. The Balaban J connectivity index is 2.21. The first kappa shape index (κ1) is 13.4. The molecule has 0 bridgehead atoms. The van der Waals surface area contributed by atoms with E-state index in [0.717, 1.165) is 11.1 Å². The van der Waals surface area contributed by atoms with Gasteiger partial charge in [-0.1, -0.05) is 60.7 Å². The van der Waals surface area contributed by atoms with E-state index in [1.807, 2.05) is 74.5 Å². The number of benzene rings is 2. The Bertz CT molecular complexity index is 523. The molecule has 3 heteroatoms. The zero-order valence-electron chi connectivity index (χ0n) is 11.1. The van der Waals surface area contributed by atoms with Gasteiger partial charge in [-0.05, 0) is 24.6 Å². The van der Waals surface area contributed by atoms with Crippen LogP contribution in [0.2, 0.25) is 0 Å². The van der Waals surface area contributed by atoms with Crippen molar-refractivity contribution in [3.63, 3.8) is 0 Å². The minimum absolute atomic E-state index is 0.574. The minimum atomic E-state index is -0.795. The highest BCUT2D eigenvalue weighted by Gasteiger charge is 2.27. The Kier molecular flexibility index (Phi) is 4.07. The average Bonchev–Trinajstić information content (AvgIpc) is 2.47. The van der Waals surface area contributed by atoms with E-state index in [2.05, 4.69) is 5.18 Å². The average molecular weight is 255 g/mol. The molecule has 0 saturated carbocycles. The molecule has 0 aromatic heterocycles. The summed E-state index contributed by atoms with van der Waals surface area (Å²) in [5.41, 5.74) is 1.21. The molecule has 2 rings (SSSR count). The molecular formula is C16H17NO2. The fourth-order valence-corrected chi connectivity index (χ4v) is 1.95. The smallest absolute Gasteiger partial charge is 0.216 e. The normalized spacial score (nSPS) is 12.9. The molecule has 19 heavy (non-hydrogen) atoms. The Morgan fingerprint density at radius 3 is 2.00 bits per heavy atom. The fraction of sp³-hybridized carbons (Fsp3) is 0.250. The molecule has 98 valence electrons. The molecule has 0 radical (unpaired) electrons. The van der Waals surface area contributed by atoms with Gasteiger partial charge in [0.15, 0.2) is 0 Å². The highest BCUT2D eigenvalue weighted by Crippen LogP contribution is 2.32. The standard InChI is InChI=1S/C16H17NO2/c1-16(2,14-11-7-4-8-12-14)19-15(17-18)13-9-5-3-6-10-13/h3-12,15H,1-2H3. The first-order valence-electron chi connectivity index (χ1n) is 6.24. The van der Waals surface area contributed by atoms with Crippen molar-refractivity contribution in [1.29, 1.82) is 0 Å². The van der Waals surface area contributed by atoms with Crippen molar-refractivity contribution < 1.29 is 4.74 Å². The molecular weight excluding hydrogens is 238 g/mol. The third-order valence-corrected chi connectivity index (χ3v) is 3.06. The lowest BCUT2D eigenvalue weighted by molar-refractivity contribution is -0.0753. The Hall–Kier alpha value is -2.00. The monoisotopic (exact) mass is 255 g/mol. The van der Waals surface area contributed by atoms with Crippen LogP contribution in [0.5, 0.6) is 0 Å². The molecule has 0 heterocycles. The van der Waals surface area contributed by atoms with E-state index in [0.29, 0.717) is 0 Å². The van der Waals surface area contributed by atoms with E-state index < -0.39 is 11.8 Å². The van der Waals surface area contributed by atoms with Crippen molar-refractivity contribution in [2.75, 3.05) is 0 Å². The van der Waals surface area contributed by atoms with Crippen molar-refractivity contribution in [2.45, 2.75) is 25.7 Å². The molecule has 3 nitrogen and oxygen atoms in total. The van der Waals surface area contributed by atoms with Gasteiger partial charge in [0, 0.05) is 5.56 Å². The summed E-state index contributed by atoms with van der Waals surface area (Å²) in [7, 11) is 0. The van der Waals surface area contributed by atoms with Gasteiger partial charge in [0.05, 0.1) is 5.60 Å². The summed E-state index contributed by atoms with van der Waals surface area (Å²) in [5, 5.41) is 3.10. The third kappa shape index (κ3) is 3.26. The van der Waals surface area contributed by atoms with E-state index >= 15 is 0 Å². The second-order valence-corrected chi connectivity index (χ2v) is 4.86. The number of nitrogens with zero attached hydrogens (tertiary/aromatic N) is 1. The van der Waals surface area contributed by atoms with Crippen LogP contribution >= 0.6 is 0 Å². The zero-order valence-corrected chi connectivity index (χ0v) is 11.1. The first-order chi connectivity index (χ1) is 9.13. The Labute approximate surface area is 113 Å². The van der Waals surface area contributed by atoms with E-state index in [-0.39, 0.29) is 0 Å². The van der Waals surface area contributed by atoms with Crippen LogP contribution < -0.4 is 0 Å². The first-order valence-corrected chi connectivity index (χ1v) is 6.24. The summed E-state index contributed by atoms with van der Waals surface area (Å²) in [6.07, 6.45) is -0.795. The SMILES string of the molecule is CC(C)(OC(N=O)c1ccccc1)c1ccccc1. The van der Waals surface area contributed by atoms with Gasteiger partial charge in [-0.3, -0.25) is 0 Å². The van der Waals surface area contributed by atoms with Crippen molar-refractivity contribution in [2.24, 2.45) is 5.18 Å².